The number of rotatable bonds is 3. The minimum absolute atomic E-state index is 0.286. The minimum atomic E-state index is -0.286. The van der Waals surface area contributed by atoms with Crippen LogP contribution in [-0.4, -0.2) is 37.2 Å². The van der Waals surface area contributed by atoms with E-state index in [0.29, 0.717) is 18.8 Å². The van der Waals surface area contributed by atoms with Crippen molar-refractivity contribution in [3.8, 4) is 16.9 Å². The lowest BCUT2D eigenvalue weighted by Gasteiger charge is -2.35. The van der Waals surface area contributed by atoms with Crippen molar-refractivity contribution >= 4 is 11.8 Å². The van der Waals surface area contributed by atoms with Crippen molar-refractivity contribution in [2.75, 3.05) is 31.1 Å². The zero-order valence-corrected chi connectivity index (χ0v) is 15.1. The van der Waals surface area contributed by atoms with Gasteiger partial charge in [-0.05, 0) is 23.8 Å². The smallest absolute Gasteiger partial charge is 0.410 e. The molecule has 0 unspecified atom stereocenters. The number of anilines is 1. The van der Waals surface area contributed by atoms with Crippen LogP contribution in [-0.2, 0) is 0 Å². The second kappa shape index (κ2) is 7.96. The Morgan fingerprint density at radius 2 is 1.30 bits per heavy atom. The molecule has 1 fully saturated rings. The summed E-state index contributed by atoms with van der Waals surface area (Å²) < 4.78 is 5.75. The van der Waals surface area contributed by atoms with Crippen molar-refractivity contribution in [1.29, 1.82) is 0 Å². The molecule has 1 aliphatic rings. The van der Waals surface area contributed by atoms with Crippen LogP contribution in [0.25, 0.3) is 11.1 Å². The SMILES string of the molecule is O=C(Oc1ccccc1-c1ccccc1)N1CCN(c2ccccc2)CC1. The number of para-hydroxylation sites is 2. The highest BCUT2D eigenvalue weighted by Crippen LogP contribution is 2.30. The highest BCUT2D eigenvalue weighted by Gasteiger charge is 2.23. The van der Waals surface area contributed by atoms with Crippen LogP contribution in [0.4, 0.5) is 10.5 Å². The van der Waals surface area contributed by atoms with Crippen LogP contribution in [0.15, 0.2) is 84.9 Å². The fraction of sp³-hybridized carbons (Fsp3) is 0.174. The summed E-state index contributed by atoms with van der Waals surface area (Å²) >= 11 is 0. The van der Waals surface area contributed by atoms with Gasteiger partial charge in [0.05, 0.1) is 0 Å². The second-order valence-electron chi connectivity index (χ2n) is 6.54. The van der Waals surface area contributed by atoms with Crippen LogP contribution in [0.3, 0.4) is 0 Å². The van der Waals surface area contributed by atoms with Crippen molar-refractivity contribution in [1.82, 2.24) is 4.90 Å². The van der Waals surface area contributed by atoms with Crippen molar-refractivity contribution < 1.29 is 9.53 Å². The van der Waals surface area contributed by atoms with Gasteiger partial charge in [-0.2, -0.15) is 0 Å². The number of benzene rings is 3. The molecule has 0 aliphatic carbocycles. The van der Waals surface area contributed by atoms with E-state index in [-0.39, 0.29) is 6.09 Å². The van der Waals surface area contributed by atoms with E-state index in [2.05, 4.69) is 17.0 Å². The molecule has 136 valence electrons. The Morgan fingerprint density at radius 1 is 0.704 bits per heavy atom. The van der Waals surface area contributed by atoms with Crippen LogP contribution in [0.2, 0.25) is 0 Å². The number of ether oxygens (including phenoxy) is 1. The van der Waals surface area contributed by atoms with Gasteiger partial charge in [0.15, 0.2) is 0 Å². The first kappa shape index (κ1) is 17.2. The van der Waals surface area contributed by atoms with E-state index >= 15 is 0 Å². The predicted molar refractivity (Wildman–Crippen MR) is 108 cm³/mol. The van der Waals surface area contributed by atoms with Gasteiger partial charge in [0, 0.05) is 37.4 Å². The van der Waals surface area contributed by atoms with Crippen LogP contribution in [0, 0.1) is 0 Å². The van der Waals surface area contributed by atoms with Gasteiger partial charge >= 0.3 is 6.09 Å². The molecule has 4 heteroatoms. The summed E-state index contributed by atoms with van der Waals surface area (Å²) in [6, 6.07) is 27.9. The maximum Gasteiger partial charge on any atom is 0.415 e. The number of carbonyl (C=O) groups excluding carboxylic acids is 1. The normalized spacial score (nSPS) is 14.1. The fourth-order valence-electron chi connectivity index (χ4n) is 3.36. The maximum atomic E-state index is 12.7. The summed E-state index contributed by atoms with van der Waals surface area (Å²) in [6.07, 6.45) is -0.286. The second-order valence-corrected chi connectivity index (χ2v) is 6.54. The topological polar surface area (TPSA) is 32.8 Å². The number of piperazine rings is 1. The highest BCUT2D eigenvalue weighted by atomic mass is 16.6. The zero-order chi connectivity index (χ0) is 18.5. The van der Waals surface area contributed by atoms with E-state index < -0.39 is 0 Å². The van der Waals surface area contributed by atoms with Gasteiger partial charge in [-0.15, -0.1) is 0 Å². The van der Waals surface area contributed by atoms with Crippen molar-refractivity contribution in [2.24, 2.45) is 0 Å². The first-order valence-corrected chi connectivity index (χ1v) is 9.22. The molecule has 0 spiro atoms. The first-order valence-electron chi connectivity index (χ1n) is 9.22. The molecule has 3 aromatic rings. The Morgan fingerprint density at radius 3 is 2.00 bits per heavy atom. The van der Waals surface area contributed by atoms with Crippen LogP contribution >= 0.6 is 0 Å². The molecule has 27 heavy (non-hydrogen) atoms. The maximum absolute atomic E-state index is 12.7. The Balaban J connectivity index is 1.42. The minimum Gasteiger partial charge on any atom is -0.410 e. The molecule has 3 aromatic carbocycles. The molecule has 0 N–H and O–H groups in total. The van der Waals surface area contributed by atoms with E-state index in [9.17, 15) is 4.79 Å². The predicted octanol–water partition coefficient (Wildman–Crippen LogP) is 4.67. The summed E-state index contributed by atoms with van der Waals surface area (Å²) in [5.41, 5.74) is 3.16. The van der Waals surface area contributed by atoms with Crippen molar-refractivity contribution in [3.63, 3.8) is 0 Å². The summed E-state index contributed by atoms with van der Waals surface area (Å²) in [5, 5.41) is 0. The molecule has 1 aliphatic heterocycles. The number of hydrogen-bond donors (Lipinski definition) is 0. The lowest BCUT2D eigenvalue weighted by molar-refractivity contribution is 0.149. The molecular formula is C23H22N2O2. The summed E-state index contributed by atoms with van der Waals surface area (Å²) in [5.74, 6) is 0.596. The van der Waals surface area contributed by atoms with Crippen LogP contribution < -0.4 is 9.64 Å². The van der Waals surface area contributed by atoms with Crippen LogP contribution in [0.1, 0.15) is 0 Å². The fourth-order valence-corrected chi connectivity index (χ4v) is 3.36. The average molecular weight is 358 g/mol. The zero-order valence-electron chi connectivity index (χ0n) is 15.1. The summed E-state index contributed by atoms with van der Waals surface area (Å²) in [7, 11) is 0. The van der Waals surface area contributed by atoms with Gasteiger partial charge < -0.3 is 14.5 Å². The third kappa shape index (κ3) is 3.95. The monoisotopic (exact) mass is 358 g/mol. The molecule has 0 atom stereocenters. The largest absolute Gasteiger partial charge is 0.415 e. The Kier molecular flexibility index (Phi) is 5.06. The lowest BCUT2D eigenvalue weighted by atomic mass is 10.1. The van der Waals surface area contributed by atoms with Gasteiger partial charge in [0.1, 0.15) is 5.75 Å². The van der Waals surface area contributed by atoms with Gasteiger partial charge in [0.25, 0.3) is 0 Å². The lowest BCUT2D eigenvalue weighted by Crippen LogP contribution is -2.49. The van der Waals surface area contributed by atoms with Gasteiger partial charge in [-0.3, -0.25) is 0 Å². The number of hydrogen-bond acceptors (Lipinski definition) is 3. The Hall–Kier alpha value is -3.27. The molecule has 0 bridgehead atoms. The first-order chi connectivity index (χ1) is 13.3. The number of amides is 1. The standard InChI is InChI=1S/C23H22N2O2/c26-23(25-17-15-24(16-18-25)20-11-5-2-6-12-20)27-22-14-8-7-13-21(22)19-9-3-1-4-10-19/h1-14H,15-18H2. The molecule has 4 rings (SSSR count). The van der Waals surface area contributed by atoms with Gasteiger partial charge in [0.2, 0.25) is 0 Å². The highest BCUT2D eigenvalue weighted by molar-refractivity contribution is 5.77. The van der Waals surface area contributed by atoms with E-state index in [1.165, 1.54) is 5.69 Å². The van der Waals surface area contributed by atoms with E-state index in [0.717, 1.165) is 24.2 Å². The molecule has 1 amide bonds. The third-order valence-electron chi connectivity index (χ3n) is 4.83. The average Bonchev–Trinajstić information content (AvgIpc) is 2.75. The molecule has 4 nitrogen and oxygen atoms in total. The molecular weight excluding hydrogens is 336 g/mol. The molecule has 1 heterocycles. The van der Waals surface area contributed by atoms with E-state index in [4.69, 9.17) is 4.74 Å². The quantitative estimate of drug-likeness (QED) is 0.682. The summed E-state index contributed by atoms with van der Waals surface area (Å²) in [4.78, 5) is 16.8. The molecule has 0 radical (unpaired) electrons. The third-order valence-corrected chi connectivity index (χ3v) is 4.83. The Bertz CT molecular complexity index is 889. The van der Waals surface area contributed by atoms with Gasteiger partial charge in [-0.25, -0.2) is 4.79 Å². The van der Waals surface area contributed by atoms with E-state index in [1.807, 2.05) is 72.8 Å². The Labute approximate surface area is 159 Å². The summed E-state index contributed by atoms with van der Waals surface area (Å²) in [6.45, 7) is 2.92. The number of carbonyl (C=O) groups is 1. The number of nitrogens with zero attached hydrogens (tertiary/aromatic N) is 2. The van der Waals surface area contributed by atoms with Gasteiger partial charge in [-0.1, -0.05) is 66.7 Å². The molecule has 0 aromatic heterocycles. The van der Waals surface area contributed by atoms with Crippen molar-refractivity contribution in [3.05, 3.63) is 84.9 Å². The van der Waals surface area contributed by atoms with E-state index in [1.54, 1.807) is 4.90 Å². The molecule has 0 saturated carbocycles. The van der Waals surface area contributed by atoms with Crippen LogP contribution in [0.5, 0.6) is 5.75 Å². The van der Waals surface area contributed by atoms with Crippen molar-refractivity contribution in [2.45, 2.75) is 0 Å². The molecule has 1 saturated heterocycles.